The van der Waals surface area contributed by atoms with Crippen molar-refractivity contribution < 1.29 is 9.84 Å². The third-order valence-corrected chi connectivity index (χ3v) is 2.28. The van der Waals surface area contributed by atoms with Gasteiger partial charge in [0, 0.05) is 0 Å². The smallest absolute Gasteiger partial charge is 0.122 e. The standard InChI is InChI=1S/C13H20O2/c1-4-15-12-8-6-5-7-11(12)9-10-13(2,3)14/h5-8,14H,4,9-10H2,1-3H3. The van der Waals surface area contributed by atoms with Gasteiger partial charge in [0.05, 0.1) is 12.2 Å². The van der Waals surface area contributed by atoms with E-state index >= 15 is 0 Å². The maximum absolute atomic E-state index is 9.66. The van der Waals surface area contributed by atoms with Crippen molar-refractivity contribution in [2.24, 2.45) is 0 Å². The van der Waals surface area contributed by atoms with Crippen LogP contribution in [0.2, 0.25) is 0 Å². The molecule has 1 N–H and O–H groups in total. The molecule has 2 nitrogen and oxygen atoms in total. The fourth-order valence-electron chi connectivity index (χ4n) is 1.45. The van der Waals surface area contributed by atoms with Crippen LogP contribution in [0.5, 0.6) is 5.75 Å². The van der Waals surface area contributed by atoms with E-state index in [2.05, 4.69) is 6.07 Å². The average molecular weight is 208 g/mol. The fourth-order valence-corrected chi connectivity index (χ4v) is 1.45. The molecule has 15 heavy (non-hydrogen) atoms. The SMILES string of the molecule is CCOc1ccccc1CCC(C)(C)O. The third kappa shape index (κ3) is 4.34. The summed E-state index contributed by atoms with van der Waals surface area (Å²) in [5, 5.41) is 9.66. The molecule has 0 heterocycles. The van der Waals surface area contributed by atoms with Crippen molar-refractivity contribution in [2.45, 2.75) is 39.2 Å². The van der Waals surface area contributed by atoms with E-state index in [1.54, 1.807) is 0 Å². The zero-order valence-corrected chi connectivity index (χ0v) is 9.79. The Bertz CT molecular complexity index is 300. The summed E-state index contributed by atoms with van der Waals surface area (Å²) >= 11 is 0. The summed E-state index contributed by atoms with van der Waals surface area (Å²) in [6.45, 7) is 6.32. The molecule has 0 aliphatic rings. The molecular formula is C13H20O2. The fraction of sp³-hybridized carbons (Fsp3) is 0.538. The van der Waals surface area contributed by atoms with Gasteiger partial charge in [-0.25, -0.2) is 0 Å². The van der Waals surface area contributed by atoms with E-state index in [0.717, 1.165) is 18.6 Å². The van der Waals surface area contributed by atoms with Gasteiger partial charge in [-0.2, -0.15) is 0 Å². The number of ether oxygens (including phenoxy) is 1. The highest BCUT2D eigenvalue weighted by Gasteiger charge is 2.13. The summed E-state index contributed by atoms with van der Waals surface area (Å²) in [7, 11) is 0. The van der Waals surface area contributed by atoms with Gasteiger partial charge in [0.2, 0.25) is 0 Å². The lowest BCUT2D eigenvalue weighted by molar-refractivity contribution is 0.0712. The molecule has 1 rings (SSSR count). The second-order valence-electron chi connectivity index (χ2n) is 4.35. The van der Waals surface area contributed by atoms with Crippen LogP contribution < -0.4 is 4.74 Å². The molecule has 0 saturated carbocycles. The Morgan fingerprint density at radius 1 is 1.27 bits per heavy atom. The molecule has 0 saturated heterocycles. The number of aryl methyl sites for hydroxylation is 1. The lowest BCUT2D eigenvalue weighted by atomic mass is 9.98. The summed E-state index contributed by atoms with van der Waals surface area (Å²) in [6, 6.07) is 8.00. The van der Waals surface area contributed by atoms with Crippen LogP contribution in [0.15, 0.2) is 24.3 Å². The molecule has 0 bridgehead atoms. The lowest BCUT2D eigenvalue weighted by Gasteiger charge is -2.17. The van der Waals surface area contributed by atoms with Crippen LogP contribution in [0, 0.1) is 0 Å². The molecule has 0 aliphatic heterocycles. The summed E-state index contributed by atoms with van der Waals surface area (Å²) in [5.74, 6) is 0.934. The Hall–Kier alpha value is -1.02. The van der Waals surface area contributed by atoms with Crippen LogP contribution in [-0.4, -0.2) is 17.3 Å². The summed E-state index contributed by atoms with van der Waals surface area (Å²) in [5.41, 5.74) is 0.556. The maximum Gasteiger partial charge on any atom is 0.122 e. The highest BCUT2D eigenvalue weighted by Crippen LogP contribution is 2.22. The molecule has 1 aromatic rings. The Morgan fingerprint density at radius 2 is 1.93 bits per heavy atom. The van der Waals surface area contributed by atoms with Crippen molar-refractivity contribution >= 4 is 0 Å². The third-order valence-electron chi connectivity index (χ3n) is 2.28. The molecule has 0 aliphatic carbocycles. The van der Waals surface area contributed by atoms with E-state index in [1.165, 1.54) is 5.56 Å². The zero-order valence-electron chi connectivity index (χ0n) is 9.79. The Kier molecular flexibility index (Phi) is 4.15. The molecule has 0 radical (unpaired) electrons. The average Bonchev–Trinajstić information content (AvgIpc) is 2.16. The Labute approximate surface area is 91.9 Å². The first-order valence-electron chi connectivity index (χ1n) is 5.46. The summed E-state index contributed by atoms with van der Waals surface area (Å²) in [6.07, 6.45) is 1.59. The van der Waals surface area contributed by atoms with Crippen LogP contribution in [0.4, 0.5) is 0 Å². The number of rotatable bonds is 5. The van der Waals surface area contributed by atoms with Crippen LogP contribution in [0.1, 0.15) is 32.8 Å². The quantitative estimate of drug-likeness (QED) is 0.806. The van der Waals surface area contributed by atoms with Gasteiger partial charge in [-0.05, 0) is 45.2 Å². The van der Waals surface area contributed by atoms with E-state index in [4.69, 9.17) is 4.74 Å². The van der Waals surface area contributed by atoms with Crippen molar-refractivity contribution in [3.05, 3.63) is 29.8 Å². The molecular weight excluding hydrogens is 188 g/mol. The van der Waals surface area contributed by atoms with Gasteiger partial charge in [0.15, 0.2) is 0 Å². The Balaban J connectivity index is 2.67. The van der Waals surface area contributed by atoms with Gasteiger partial charge < -0.3 is 9.84 Å². The molecule has 0 fully saturated rings. The van der Waals surface area contributed by atoms with Gasteiger partial charge in [-0.1, -0.05) is 18.2 Å². The van der Waals surface area contributed by atoms with Gasteiger partial charge in [0.1, 0.15) is 5.75 Å². The number of para-hydroxylation sites is 1. The number of hydrogen-bond donors (Lipinski definition) is 1. The van der Waals surface area contributed by atoms with E-state index in [9.17, 15) is 5.11 Å². The van der Waals surface area contributed by atoms with Gasteiger partial charge in [-0.3, -0.25) is 0 Å². The van der Waals surface area contributed by atoms with Crippen molar-refractivity contribution in [1.29, 1.82) is 0 Å². The highest BCUT2D eigenvalue weighted by atomic mass is 16.5. The first-order chi connectivity index (χ1) is 7.03. The lowest BCUT2D eigenvalue weighted by Crippen LogP contribution is -2.19. The number of aliphatic hydroxyl groups is 1. The van der Waals surface area contributed by atoms with Crippen LogP contribution >= 0.6 is 0 Å². The molecule has 0 amide bonds. The van der Waals surface area contributed by atoms with Gasteiger partial charge >= 0.3 is 0 Å². The normalized spacial score (nSPS) is 11.5. The van der Waals surface area contributed by atoms with Crippen molar-refractivity contribution in [3.63, 3.8) is 0 Å². The molecule has 1 aromatic carbocycles. The van der Waals surface area contributed by atoms with Crippen LogP contribution in [0.25, 0.3) is 0 Å². The second kappa shape index (κ2) is 5.17. The van der Waals surface area contributed by atoms with Gasteiger partial charge in [0.25, 0.3) is 0 Å². The predicted octanol–water partition coefficient (Wildman–Crippen LogP) is 2.79. The van der Waals surface area contributed by atoms with Crippen LogP contribution in [0.3, 0.4) is 0 Å². The molecule has 0 aromatic heterocycles. The number of hydrogen-bond acceptors (Lipinski definition) is 2. The molecule has 0 spiro atoms. The minimum atomic E-state index is -0.612. The van der Waals surface area contributed by atoms with Crippen molar-refractivity contribution in [2.75, 3.05) is 6.61 Å². The summed E-state index contributed by atoms with van der Waals surface area (Å²) < 4.78 is 5.52. The van der Waals surface area contributed by atoms with E-state index in [0.29, 0.717) is 6.61 Å². The topological polar surface area (TPSA) is 29.5 Å². The minimum Gasteiger partial charge on any atom is -0.494 e. The Morgan fingerprint density at radius 3 is 2.53 bits per heavy atom. The maximum atomic E-state index is 9.66. The molecule has 84 valence electrons. The predicted molar refractivity (Wildman–Crippen MR) is 62.2 cm³/mol. The molecule has 0 unspecified atom stereocenters. The first-order valence-corrected chi connectivity index (χ1v) is 5.46. The first kappa shape index (κ1) is 12.1. The molecule has 0 atom stereocenters. The largest absolute Gasteiger partial charge is 0.494 e. The van der Waals surface area contributed by atoms with E-state index < -0.39 is 5.60 Å². The zero-order chi connectivity index (χ0) is 11.3. The van der Waals surface area contributed by atoms with E-state index in [1.807, 2.05) is 39.0 Å². The highest BCUT2D eigenvalue weighted by molar-refractivity contribution is 5.33. The summed E-state index contributed by atoms with van der Waals surface area (Å²) in [4.78, 5) is 0. The van der Waals surface area contributed by atoms with Crippen LogP contribution in [-0.2, 0) is 6.42 Å². The van der Waals surface area contributed by atoms with Crippen molar-refractivity contribution in [3.8, 4) is 5.75 Å². The van der Waals surface area contributed by atoms with E-state index in [-0.39, 0.29) is 0 Å². The number of benzene rings is 1. The minimum absolute atomic E-state index is 0.612. The second-order valence-corrected chi connectivity index (χ2v) is 4.35. The molecule has 2 heteroatoms. The van der Waals surface area contributed by atoms with Gasteiger partial charge in [-0.15, -0.1) is 0 Å². The van der Waals surface area contributed by atoms with Crippen molar-refractivity contribution in [1.82, 2.24) is 0 Å². The monoisotopic (exact) mass is 208 g/mol.